The van der Waals surface area contributed by atoms with E-state index in [1.807, 2.05) is 6.92 Å². The van der Waals surface area contributed by atoms with E-state index >= 15 is 0 Å². The number of hydrogen-bond acceptors (Lipinski definition) is 4. The molecule has 1 aromatic carbocycles. The summed E-state index contributed by atoms with van der Waals surface area (Å²) in [5.74, 6) is 0.320. The molecule has 0 aromatic heterocycles. The van der Waals surface area contributed by atoms with Crippen molar-refractivity contribution in [2.45, 2.75) is 32.6 Å². The molecule has 0 bridgehead atoms. The summed E-state index contributed by atoms with van der Waals surface area (Å²) in [5, 5.41) is 6.23. The zero-order chi connectivity index (χ0) is 15.9. The van der Waals surface area contributed by atoms with Crippen LogP contribution in [0.2, 0.25) is 0 Å². The number of amides is 1. The summed E-state index contributed by atoms with van der Waals surface area (Å²) >= 11 is 0. The molecule has 1 aliphatic heterocycles. The zero-order valence-electron chi connectivity index (χ0n) is 13.7. The molecule has 1 heterocycles. The van der Waals surface area contributed by atoms with Gasteiger partial charge in [-0.2, -0.15) is 0 Å². The number of esters is 1. The highest BCUT2D eigenvalue weighted by atomic mass is 35.5. The first kappa shape index (κ1) is 19.5. The molecule has 128 valence electrons. The fourth-order valence-electron chi connectivity index (χ4n) is 2.81. The Morgan fingerprint density at radius 1 is 1.30 bits per heavy atom. The SMILES string of the molecule is COC(=O)c1ccc(NC(=O)CCC2CCNCC2)cc1C.Cl. The maximum Gasteiger partial charge on any atom is 0.338 e. The van der Waals surface area contributed by atoms with Crippen LogP contribution < -0.4 is 10.6 Å². The number of carbonyl (C=O) groups excluding carboxylic acids is 2. The molecule has 0 aliphatic carbocycles. The molecule has 5 nitrogen and oxygen atoms in total. The van der Waals surface area contributed by atoms with Crippen LogP contribution in [0, 0.1) is 12.8 Å². The van der Waals surface area contributed by atoms with Crippen LogP contribution in [0.4, 0.5) is 5.69 Å². The minimum absolute atomic E-state index is 0. The maximum absolute atomic E-state index is 12.0. The van der Waals surface area contributed by atoms with Crippen molar-refractivity contribution < 1.29 is 14.3 Å². The van der Waals surface area contributed by atoms with Crippen molar-refractivity contribution in [2.24, 2.45) is 5.92 Å². The molecule has 1 aliphatic rings. The third-order valence-corrected chi connectivity index (χ3v) is 4.15. The van der Waals surface area contributed by atoms with Crippen molar-refractivity contribution in [1.29, 1.82) is 0 Å². The normalized spacial score (nSPS) is 14.7. The quantitative estimate of drug-likeness (QED) is 0.809. The minimum atomic E-state index is -0.360. The number of halogens is 1. The lowest BCUT2D eigenvalue weighted by atomic mass is 9.93. The lowest BCUT2D eigenvalue weighted by Crippen LogP contribution is -2.28. The number of rotatable bonds is 5. The van der Waals surface area contributed by atoms with Crippen LogP contribution in [0.1, 0.15) is 41.6 Å². The van der Waals surface area contributed by atoms with Gasteiger partial charge in [0.1, 0.15) is 0 Å². The Hall–Kier alpha value is -1.59. The highest BCUT2D eigenvalue weighted by Crippen LogP contribution is 2.19. The highest BCUT2D eigenvalue weighted by Gasteiger charge is 2.15. The first-order chi connectivity index (χ1) is 10.6. The van der Waals surface area contributed by atoms with Crippen LogP contribution in [0.5, 0.6) is 0 Å². The molecular formula is C17H25ClN2O3. The Labute approximate surface area is 143 Å². The standard InChI is InChI=1S/C17H24N2O3.ClH/c1-12-11-14(4-5-15(12)17(21)22-2)19-16(20)6-3-13-7-9-18-10-8-13;/h4-5,11,13,18H,3,6-10H2,1-2H3,(H,19,20);1H. The summed E-state index contributed by atoms with van der Waals surface area (Å²) in [4.78, 5) is 23.6. The van der Waals surface area contributed by atoms with Gasteiger partial charge >= 0.3 is 5.97 Å². The molecule has 0 atom stereocenters. The topological polar surface area (TPSA) is 67.4 Å². The molecular weight excluding hydrogens is 316 g/mol. The third kappa shape index (κ3) is 5.84. The van der Waals surface area contributed by atoms with Gasteiger partial charge in [0.2, 0.25) is 5.91 Å². The molecule has 2 rings (SSSR count). The maximum atomic E-state index is 12.0. The summed E-state index contributed by atoms with van der Waals surface area (Å²) in [6, 6.07) is 5.22. The van der Waals surface area contributed by atoms with E-state index in [4.69, 9.17) is 4.74 Å². The van der Waals surface area contributed by atoms with E-state index in [9.17, 15) is 9.59 Å². The van der Waals surface area contributed by atoms with E-state index in [2.05, 4.69) is 10.6 Å². The summed E-state index contributed by atoms with van der Waals surface area (Å²) in [7, 11) is 1.36. The number of carbonyl (C=O) groups is 2. The lowest BCUT2D eigenvalue weighted by molar-refractivity contribution is -0.116. The van der Waals surface area contributed by atoms with E-state index < -0.39 is 0 Å². The summed E-state index contributed by atoms with van der Waals surface area (Å²) in [5.41, 5.74) is 2.04. The Morgan fingerprint density at radius 2 is 2.00 bits per heavy atom. The number of benzene rings is 1. The van der Waals surface area contributed by atoms with Gasteiger partial charge < -0.3 is 15.4 Å². The number of aryl methyl sites for hydroxylation is 1. The number of hydrogen-bond donors (Lipinski definition) is 2. The van der Waals surface area contributed by atoms with E-state index in [1.54, 1.807) is 18.2 Å². The molecule has 0 spiro atoms. The predicted molar refractivity (Wildman–Crippen MR) is 93.2 cm³/mol. The van der Waals surface area contributed by atoms with Crippen LogP contribution in [-0.2, 0) is 9.53 Å². The Bertz CT molecular complexity index is 543. The van der Waals surface area contributed by atoms with Crippen molar-refractivity contribution in [1.82, 2.24) is 5.32 Å². The Balaban J connectivity index is 0.00000264. The average Bonchev–Trinajstić information content (AvgIpc) is 2.53. The number of methoxy groups -OCH3 is 1. The van der Waals surface area contributed by atoms with E-state index in [0.29, 0.717) is 17.9 Å². The molecule has 1 saturated heterocycles. The molecule has 23 heavy (non-hydrogen) atoms. The summed E-state index contributed by atoms with van der Waals surface area (Å²) in [6.07, 6.45) is 3.79. The Morgan fingerprint density at radius 3 is 2.61 bits per heavy atom. The monoisotopic (exact) mass is 340 g/mol. The zero-order valence-corrected chi connectivity index (χ0v) is 14.5. The largest absolute Gasteiger partial charge is 0.465 e. The molecule has 0 unspecified atom stereocenters. The van der Waals surface area contributed by atoms with Crippen LogP contribution in [0.15, 0.2) is 18.2 Å². The van der Waals surface area contributed by atoms with Crippen molar-refractivity contribution in [3.63, 3.8) is 0 Å². The van der Waals surface area contributed by atoms with Crippen LogP contribution >= 0.6 is 12.4 Å². The van der Waals surface area contributed by atoms with Gasteiger partial charge in [0.05, 0.1) is 12.7 Å². The number of nitrogens with one attached hydrogen (secondary N) is 2. The lowest BCUT2D eigenvalue weighted by Gasteiger charge is -2.22. The molecule has 2 N–H and O–H groups in total. The molecule has 0 saturated carbocycles. The molecule has 1 aromatic rings. The Kier molecular flexibility index (Phi) is 8.06. The third-order valence-electron chi connectivity index (χ3n) is 4.15. The van der Waals surface area contributed by atoms with Crippen molar-refractivity contribution in [2.75, 3.05) is 25.5 Å². The second-order valence-corrected chi connectivity index (χ2v) is 5.80. The number of piperidine rings is 1. The van der Waals surface area contributed by atoms with E-state index in [0.717, 1.165) is 43.6 Å². The predicted octanol–water partition coefficient (Wildman–Crippen LogP) is 2.92. The molecule has 0 radical (unpaired) electrons. The van der Waals surface area contributed by atoms with Gasteiger partial charge in [-0.05, 0) is 69.0 Å². The first-order valence-electron chi connectivity index (χ1n) is 7.79. The summed E-state index contributed by atoms with van der Waals surface area (Å²) in [6.45, 7) is 3.94. The fourth-order valence-corrected chi connectivity index (χ4v) is 2.81. The van der Waals surface area contributed by atoms with Gasteiger partial charge in [-0.25, -0.2) is 4.79 Å². The number of ether oxygens (including phenoxy) is 1. The second-order valence-electron chi connectivity index (χ2n) is 5.80. The average molecular weight is 341 g/mol. The highest BCUT2D eigenvalue weighted by molar-refractivity contribution is 5.94. The fraction of sp³-hybridized carbons (Fsp3) is 0.529. The molecule has 6 heteroatoms. The van der Waals surface area contributed by atoms with Crippen LogP contribution in [0.25, 0.3) is 0 Å². The van der Waals surface area contributed by atoms with Crippen LogP contribution in [-0.4, -0.2) is 32.1 Å². The van der Waals surface area contributed by atoms with Gasteiger partial charge in [-0.1, -0.05) is 0 Å². The van der Waals surface area contributed by atoms with E-state index in [1.165, 1.54) is 7.11 Å². The van der Waals surface area contributed by atoms with Gasteiger partial charge in [0, 0.05) is 12.1 Å². The number of anilines is 1. The van der Waals surface area contributed by atoms with Crippen LogP contribution in [0.3, 0.4) is 0 Å². The van der Waals surface area contributed by atoms with Crippen molar-refractivity contribution in [3.05, 3.63) is 29.3 Å². The molecule has 1 amide bonds. The van der Waals surface area contributed by atoms with Gasteiger partial charge in [0.15, 0.2) is 0 Å². The van der Waals surface area contributed by atoms with Gasteiger partial charge in [-0.3, -0.25) is 4.79 Å². The molecule has 1 fully saturated rings. The van der Waals surface area contributed by atoms with Gasteiger partial charge in [0.25, 0.3) is 0 Å². The first-order valence-corrected chi connectivity index (χ1v) is 7.79. The van der Waals surface area contributed by atoms with Crippen molar-refractivity contribution >= 4 is 30.0 Å². The second kappa shape index (κ2) is 9.53. The smallest absolute Gasteiger partial charge is 0.338 e. The summed E-state index contributed by atoms with van der Waals surface area (Å²) < 4.78 is 4.71. The van der Waals surface area contributed by atoms with E-state index in [-0.39, 0.29) is 24.3 Å². The van der Waals surface area contributed by atoms with Crippen molar-refractivity contribution in [3.8, 4) is 0 Å². The minimum Gasteiger partial charge on any atom is -0.465 e. The van der Waals surface area contributed by atoms with Gasteiger partial charge in [-0.15, -0.1) is 12.4 Å².